The Balaban J connectivity index is 1.17. The summed E-state index contributed by atoms with van der Waals surface area (Å²) in [5.74, 6) is 0.0385. The van der Waals surface area contributed by atoms with Crippen molar-refractivity contribution >= 4 is 9.84 Å². The molecule has 38 heavy (non-hydrogen) atoms. The van der Waals surface area contributed by atoms with Gasteiger partial charge in [0.15, 0.2) is 9.84 Å². The average Bonchev–Trinajstić information content (AvgIpc) is 3.48. The molecule has 1 unspecified atom stereocenters. The fraction of sp³-hybridized carbons (Fsp3) is 0.600. The highest BCUT2D eigenvalue weighted by Gasteiger charge is 2.30. The smallest absolute Gasteiger partial charge is 0.181 e. The van der Waals surface area contributed by atoms with Crippen LogP contribution in [0.3, 0.4) is 0 Å². The van der Waals surface area contributed by atoms with Crippen LogP contribution >= 0.6 is 0 Å². The Morgan fingerprint density at radius 3 is 2.47 bits per heavy atom. The van der Waals surface area contributed by atoms with E-state index in [1.807, 2.05) is 18.2 Å². The Morgan fingerprint density at radius 1 is 0.947 bits per heavy atom. The van der Waals surface area contributed by atoms with Gasteiger partial charge >= 0.3 is 0 Å². The summed E-state index contributed by atoms with van der Waals surface area (Å²) in [6, 6.07) is 12.3. The van der Waals surface area contributed by atoms with E-state index in [4.69, 9.17) is 4.74 Å². The lowest BCUT2D eigenvalue weighted by molar-refractivity contribution is 0.127. The number of ether oxygens (including phenoxy) is 1. The fourth-order valence-electron chi connectivity index (χ4n) is 5.03. The van der Waals surface area contributed by atoms with Gasteiger partial charge in [-0.25, -0.2) is 8.42 Å². The second-order valence-corrected chi connectivity index (χ2v) is 12.6. The highest BCUT2D eigenvalue weighted by atomic mass is 32.2. The van der Waals surface area contributed by atoms with Gasteiger partial charge in [-0.05, 0) is 80.5 Å². The summed E-state index contributed by atoms with van der Waals surface area (Å²) < 4.78 is 31.4. The van der Waals surface area contributed by atoms with Crippen molar-refractivity contribution in [1.29, 1.82) is 0 Å². The summed E-state index contributed by atoms with van der Waals surface area (Å²) in [5, 5.41) is 32.2. The van der Waals surface area contributed by atoms with Crippen molar-refractivity contribution in [2.45, 2.75) is 93.5 Å². The number of benzene rings is 2. The second-order valence-electron chi connectivity index (χ2n) is 10.3. The maximum absolute atomic E-state index is 12.8. The normalized spacial score (nSPS) is 15.2. The van der Waals surface area contributed by atoms with Gasteiger partial charge in [-0.1, -0.05) is 50.3 Å². The predicted molar refractivity (Wildman–Crippen MR) is 150 cm³/mol. The van der Waals surface area contributed by atoms with Crippen LogP contribution < -0.4 is 5.32 Å². The molecule has 2 aromatic carbocycles. The first-order chi connectivity index (χ1) is 18.4. The molecular weight excluding hydrogens is 502 g/mol. The summed E-state index contributed by atoms with van der Waals surface area (Å²) >= 11 is 0. The van der Waals surface area contributed by atoms with Crippen molar-refractivity contribution < 1.29 is 28.5 Å². The van der Waals surface area contributed by atoms with Crippen molar-refractivity contribution in [2.75, 3.05) is 26.3 Å². The molecule has 4 N–H and O–H groups in total. The fourth-order valence-corrected chi connectivity index (χ4v) is 6.95. The number of hydrogen-bond acceptors (Lipinski definition) is 7. The van der Waals surface area contributed by atoms with Gasteiger partial charge in [0.1, 0.15) is 5.75 Å². The van der Waals surface area contributed by atoms with Crippen molar-refractivity contribution in [3.05, 3.63) is 59.2 Å². The van der Waals surface area contributed by atoms with Crippen LogP contribution in [0.4, 0.5) is 0 Å². The summed E-state index contributed by atoms with van der Waals surface area (Å²) in [6.45, 7) is 2.45. The quantitative estimate of drug-likeness (QED) is 0.198. The first-order valence-corrected chi connectivity index (χ1v) is 15.7. The average molecular weight is 548 g/mol. The SMILES string of the molecule is O=S(=O)(c1cccc(CCCOCCCCCCCNCC(O)c2ccc(O)c(CO)c2)c1)C1CCCC1. The van der Waals surface area contributed by atoms with Gasteiger partial charge < -0.3 is 25.4 Å². The molecule has 0 radical (unpaired) electrons. The zero-order valence-corrected chi connectivity index (χ0v) is 23.3. The predicted octanol–water partition coefficient (Wildman–Crippen LogP) is 4.82. The second kappa shape index (κ2) is 16.2. The van der Waals surface area contributed by atoms with Crippen LogP contribution in [-0.2, 0) is 27.6 Å². The number of phenols is 1. The molecule has 0 saturated heterocycles. The number of rotatable bonds is 18. The molecule has 0 aromatic heterocycles. The number of nitrogens with one attached hydrogen (secondary N) is 1. The molecule has 1 saturated carbocycles. The summed E-state index contributed by atoms with van der Waals surface area (Å²) in [6.07, 6.45) is 10.1. The minimum atomic E-state index is -3.20. The van der Waals surface area contributed by atoms with E-state index in [-0.39, 0.29) is 17.6 Å². The molecule has 0 spiro atoms. The van der Waals surface area contributed by atoms with Gasteiger partial charge in [0, 0.05) is 25.3 Å². The number of aliphatic hydroxyl groups excluding tert-OH is 2. The van der Waals surface area contributed by atoms with E-state index in [1.54, 1.807) is 18.2 Å². The lowest BCUT2D eigenvalue weighted by Gasteiger charge is -2.14. The van der Waals surface area contributed by atoms with Crippen LogP contribution in [0.15, 0.2) is 47.4 Å². The zero-order chi connectivity index (χ0) is 27.2. The van der Waals surface area contributed by atoms with Gasteiger partial charge in [-0.15, -0.1) is 0 Å². The molecule has 1 aliphatic carbocycles. The Labute approximate surface area is 228 Å². The van der Waals surface area contributed by atoms with E-state index in [9.17, 15) is 23.7 Å². The number of aryl methyl sites for hydroxylation is 1. The molecule has 0 aliphatic heterocycles. The van der Waals surface area contributed by atoms with Crippen molar-refractivity contribution in [1.82, 2.24) is 5.32 Å². The lowest BCUT2D eigenvalue weighted by Crippen LogP contribution is -2.22. The molecule has 0 amide bonds. The number of aromatic hydroxyl groups is 1. The Hall–Kier alpha value is -1.97. The molecule has 1 fully saturated rings. The van der Waals surface area contributed by atoms with E-state index in [0.717, 1.165) is 89.3 Å². The first kappa shape index (κ1) is 30.6. The molecule has 212 valence electrons. The topological polar surface area (TPSA) is 116 Å². The molecule has 1 atom stereocenters. The van der Waals surface area contributed by atoms with Crippen molar-refractivity contribution in [2.24, 2.45) is 0 Å². The van der Waals surface area contributed by atoms with E-state index in [0.29, 0.717) is 29.2 Å². The largest absolute Gasteiger partial charge is 0.508 e. The van der Waals surface area contributed by atoms with Crippen LogP contribution in [-0.4, -0.2) is 55.3 Å². The minimum absolute atomic E-state index is 0.0385. The number of aliphatic hydroxyl groups is 2. The third-order valence-corrected chi connectivity index (χ3v) is 9.62. The molecule has 0 bridgehead atoms. The molecular formula is C30H45NO6S. The summed E-state index contributed by atoms with van der Waals surface area (Å²) in [5.41, 5.74) is 2.16. The Morgan fingerprint density at radius 2 is 1.68 bits per heavy atom. The zero-order valence-electron chi connectivity index (χ0n) is 22.5. The molecule has 8 heteroatoms. The highest BCUT2D eigenvalue weighted by molar-refractivity contribution is 7.92. The van der Waals surface area contributed by atoms with Crippen molar-refractivity contribution in [3.8, 4) is 5.75 Å². The van der Waals surface area contributed by atoms with E-state index < -0.39 is 15.9 Å². The summed E-state index contributed by atoms with van der Waals surface area (Å²) in [4.78, 5) is 0.475. The van der Waals surface area contributed by atoms with Crippen LogP contribution in [0, 0.1) is 0 Å². The van der Waals surface area contributed by atoms with Gasteiger partial charge in [-0.3, -0.25) is 0 Å². The summed E-state index contributed by atoms with van der Waals surface area (Å²) in [7, 11) is -3.20. The molecule has 2 aromatic rings. The van der Waals surface area contributed by atoms with Crippen LogP contribution in [0.1, 0.15) is 87.0 Å². The number of unbranched alkanes of at least 4 members (excludes halogenated alkanes) is 4. The number of hydrogen-bond donors (Lipinski definition) is 4. The van der Waals surface area contributed by atoms with E-state index in [1.165, 1.54) is 6.07 Å². The lowest BCUT2D eigenvalue weighted by atomic mass is 10.1. The van der Waals surface area contributed by atoms with E-state index in [2.05, 4.69) is 5.32 Å². The Kier molecular flexibility index (Phi) is 13.0. The Bertz CT molecular complexity index is 1070. The molecule has 1 aliphatic rings. The number of sulfone groups is 1. The molecule has 0 heterocycles. The minimum Gasteiger partial charge on any atom is -0.508 e. The monoisotopic (exact) mass is 547 g/mol. The van der Waals surface area contributed by atoms with Crippen LogP contribution in [0.2, 0.25) is 0 Å². The maximum atomic E-state index is 12.8. The standard InChI is InChI=1S/C30H45NO6S/c32-23-26-21-25(15-16-29(26)33)30(34)22-31-17-6-2-1-3-7-18-37-19-9-11-24-10-8-14-28(20-24)38(35,36)27-12-4-5-13-27/h8,10,14-16,20-21,27,30-34H,1-7,9,11-13,17-19,22-23H2. The van der Waals surface area contributed by atoms with Crippen LogP contribution in [0.25, 0.3) is 0 Å². The first-order valence-electron chi connectivity index (χ1n) is 14.1. The van der Waals surface area contributed by atoms with Gasteiger partial charge in [0.2, 0.25) is 0 Å². The third kappa shape index (κ3) is 9.65. The van der Waals surface area contributed by atoms with E-state index >= 15 is 0 Å². The van der Waals surface area contributed by atoms with Crippen molar-refractivity contribution in [3.63, 3.8) is 0 Å². The van der Waals surface area contributed by atoms with Gasteiger partial charge in [0.05, 0.1) is 22.9 Å². The van der Waals surface area contributed by atoms with Gasteiger partial charge in [0.25, 0.3) is 0 Å². The third-order valence-electron chi connectivity index (χ3n) is 7.36. The maximum Gasteiger partial charge on any atom is 0.181 e. The molecule has 7 nitrogen and oxygen atoms in total. The molecule has 3 rings (SSSR count). The van der Waals surface area contributed by atoms with Gasteiger partial charge in [-0.2, -0.15) is 0 Å². The highest BCUT2D eigenvalue weighted by Crippen LogP contribution is 2.30. The van der Waals surface area contributed by atoms with Crippen LogP contribution in [0.5, 0.6) is 5.75 Å².